The third-order valence-corrected chi connectivity index (χ3v) is 5.98. The number of carbonyl (C=O) groups excluding carboxylic acids is 1. The SMILES string of the molecule is Cc1c(Br)cc(Br)c2c1C(=Cc1cc3ccccc3nc1Cl)C(=O)N2. The highest BCUT2D eigenvalue weighted by Gasteiger charge is 2.29. The van der Waals surface area contributed by atoms with Crippen molar-refractivity contribution in [3.63, 3.8) is 0 Å². The smallest absolute Gasteiger partial charge is 0.256 e. The lowest BCUT2D eigenvalue weighted by molar-refractivity contribution is -0.110. The summed E-state index contributed by atoms with van der Waals surface area (Å²) in [6, 6.07) is 11.6. The molecule has 0 fully saturated rings. The number of pyridine rings is 1. The van der Waals surface area contributed by atoms with Gasteiger partial charge in [-0.25, -0.2) is 4.98 Å². The van der Waals surface area contributed by atoms with Crippen molar-refractivity contribution in [3.8, 4) is 0 Å². The molecule has 0 bridgehead atoms. The Balaban J connectivity index is 1.95. The molecule has 1 aliphatic heterocycles. The van der Waals surface area contributed by atoms with Gasteiger partial charge in [-0.2, -0.15) is 0 Å². The Kier molecular flexibility index (Phi) is 4.18. The van der Waals surface area contributed by atoms with Gasteiger partial charge in [-0.3, -0.25) is 4.79 Å². The van der Waals surface area contributed by atoms with E-state index in [0.717, 1.165) is 36.7 Å². The molecular weight excluding hydrogens is 467 g/mol. The van der Waals surface area contributed by atoms with Crippen LogP contribution >= 0.6 is 43.5 Å². The van der Waals surface area contributed by atoms with E-state index in [4.69, 9.17) is 11.6 Å². The first-order valence-electron chi connectivity index (χ1n) is 7.53. The molecule has 0 saturated heterocycles. The van der Waals surface area contributed by atoms with Crippen LogP contribution in [0.1, 0.15) is 16.7 Å². The fourth-order valence-corrected chi connectivity index (χ4v) is 4.44. The van der Waals surface area contributed by atoms with Crippen molar-refractivity contribution in [2.45, 2.75) is 6.92 Å². The summed E-state index contributed by atoms with van der Waals surface area (Å²) >= 11 is 13.4. The van der Waals surface area contributed by atoms with Crippen LogP contribution in [0.15, 0.2) is 45.3 Å². The molecule has 0 unspecified atom stereocenters. The molecule has 1 N–H and O–H groups in total. The van der Waals surface area contributed by atoms with Crippen LogP contribution in [0.3, 0.4) is 0 Å². The molecule has 1 amide bonds. The van der Waals surface area contributed by atoms with Gasteiger partial charge in [-0.1, -0.05) is 45.7 Å². The molecular formula is C19H11Br2ClN2O. The van der Waals surface area contributed by atoms with Crippen LogP contribution in [0.4, 0.5) is 5.69 Å². The number of hydrogen-bond donors (Lipinski definition) is 1. The predicted octanol–water partition coefficient (Wildman–Crippen LogP) is 6.21. The zero-order valence-corrected chi connectivity index (χ0v) is 17.0. The van der Waals surface area contributed by atoms with Crippen LogP contribution in [-0.4, -0.2) is 10.9 Å². The summed E-state index contributed by atoms with van der Waals surface area (Å²) in [6.45, 7) is 1.98. The molecule has 124 valence electrons. The molecule has 3 nitrogen and oxygen atoms in total. The molecule has 6 heteroatoms. The van der Waals surface area contributed by atoms with Gasteiger partial charge in [0.2, 0.25) is 0 Å². The van der Waals surface area contributed by atoms with E-state index in [9.17, 15) is 4.79 Å². The van der Waals surface area contributed by atoms with Crippen LogP contribution in [-0.2, 0) is 4.79 Å². The molecule has 3 aromatic rings. The third-order valence-electron chi connectivity index (χ3n) is 4.23. The Morgan fingerprint density at radius 2 is 1.92 bits per heavy atom. The molecule has 2 aromatic carbocycles. The molecule has 1 aliphatic rings. The number of fused-ring (bicyclic) bond motifs is 2. The Morgan fingerprint density at radius 3 is 2.72 bits per heavy atom. The number of nitrogens with one attached hydrogen (secondary N) is 1. The second-order valence-electron chi connectivity index (χ2n) is 5.79. The van der Waals surface area contributed by atoms with E-state index in [1.165, 1.54) is 0 Å². The van der Waals surface area contributed by atoms with Gasteiger partial charge in [0, 0.05) is 25.5 Å². The van der Waals surface area contributed by atoms with E-state index < -0.39 is 0 Å². The Hall–Kier alpha value is -1.69. The summed E-state index contributed by atoms with van der Waals surface area (Å²) in [6.07, 6.45) is 1.80. The molecule has 2 heterocycles. The summed E-state index contributed by atoms with van der Waals surface area (Å²) in [4.78, 5) is 17.0. The van der Waals surface area contributed by atoms with Gasteiger partial charge < -0.3 is 5.32 Å². The van der Waals surface area contributed by atoms with E-state index in [-0.39, 0.29) is 5.91 Å². The molecule has 0 radical (unpaired) electrons. The zero-order chi connectivity index (χ0) is 17.7. The second kappa shape index (κ2) is 6.24. The molecule has 1 aromatic heterocycles. The monoisotopic (exact) mass is 476 g/mol. The van der Waals surface area contributed by atoms with Crippen LogP contribution in [0.25, 0.3) is 22.6 Å². The first kappa shape index (κ1) is 16.8. The van der Waals surface area contributed by atoms with Crippen molar-refractivity contribution in [2.75, 3.05) is 5.32 Å². The summed E-state index contributed by atoms with van der Waals surface area (Å²) in [5.74, 6) is -0.152. The number of para-hydroxylation sites is 1. The lowest BCUT2D eigenvalue weighted by Crippen LogP contribution is -2.04. The van der Waals surface area contributed by atoms with Gasteiger partial charge in [0.05, 0.1) is 16.8 Å². The lowest BCUT2D eigenvalue weighted by atomic mass is 9.99. The summed E-state index contributed by atoms with van der Waals surface area (Å²) in [5, 5.41) is 4.27. The molecule has 0 atom stereocenters. The molecule has 0 saturated carbocycles. The van der Waals surface area contributed by atoms with Gasteiger partial charge >= 0.3 is 0 Å². The summed E-state index contributed by atoms with van der Waals surface area (Å²) in [7, 11) is 0. The fraction of sp³-hybridized carbons (Fsp3) is 0.0526. The highest BCUT2D eigenvalue weighted by atomic mass is 79.9. The number of hydrogen-bond acceptors (Lipinski definition) is 2. The molecule has 4 rings (SSSR count). The van der Waals surface area contributed by atoms with Crippen LogP contribution in [0.5, 0.6) is 0 Å². The van der Waals surface area contributed by atoms with Crippen LogP contribution < -0.4 is 5.32 Å². The van der Waals surface area contributed by atoms with Crippen molar-refractivity contribution in [2.24, 2.45) is 0 Å². The van der Waals surface area contributed by atoms with Crippen molar-refractivity contribution < 1.29 is 4.79 Å². The van der Waals surface area contributed by atoms with E-state index in [0.29, 0.717) is 16.3 Å². The first-order chi connectivity index (χ1) is 12.0. The number of carbonyl (C=O) groups is 1. The van der Waals surface area contributed by atoms with Gasteiger partial charge in [0.1, 0.15) is 5.15 Å². The van der Waals surface area contributed by atoms with Crippen molar-refractivity contribution in [3.05, 3.63) is 67.2 Å². The lowest BCUT2D eigenvalue weighted by Gasteiger charge is -2.09. The number of halogens is 3. The van der Waals surface area contributed by atoms with E-state index >= 15 is 0 Å². The Labute approximate surface area is 166 Å². The minimum absolute atomic E-state index is 0.152. The third kappa shape index (κ3) is 2.80. The van der Waals surface area contributed by atoms with Crippen molar-refractivity contribution >= 4 is 77.6 Å². The average molecular weight is 479 g/mol. The van der Waals surface area contributed by atoms with Gasteiger partial charge in [-0.15, -0.1) is 0 Å². The fourth-order valence-electron chi connectivity index (χ4n) is 2.97. The maximum Gasteiger partial charge on any atom is 0.256 e. The highest BCUT2D eigenvalue weighted by Crippen LogP contribution is 2.43. The van der Waals surface area contributed by atoms with Crippen LogP contribution in [0.2, 0.25) is 5.15 Å². The minimum Gasteiger partial charge on any atom is -0.320 e. The normalized spacial score (nSPS) is 14.9. The average Bonchev–Trinajstić information content (AvgIpc) is 2.91. The molecule has 0 aliphatic carbocycles. The van der Waals surface area contributed by atoms with Gasteiger partial charge in [0.15, 0.2) is 0 Å². The summed E-state index contributed by atoms with van der Waals surface area (Å²) < 4.78 is 1.77. The maximum atomic E-state index is 12.5. The van der Waals surface area contributed by atoms with Crippen molar-refractivity contribution in [1.29, 1.82) is 0 Å². The van der Waals surface area contributed by atoms with Crippen molar-refractivity contribution in [1.82, 2.24) is 4.98 Å². The Morgan fingerprint density at radius 1 is 1.16 bits per heavy atom. The van der Waals surface area contributed by atoms with Gasteiger partial charge in [0.25, 0.3) is 5.91 Å². The number of nitrogens with zero attached hydrogens (tertiary/aromatic N) is 1. The topological polar surface area (TPSA) is 42.0 Å². The van der Waals surface area contributed by atoms with E-state index in [1.54, 1.807) is 6.08 Å². The van der Waals surface area contributed by atoms with Crippen LogP contribution in [0, 0.1) is 6.92 Å². The van der Waals surface area contributed by atoms with E-state index in [2.05, 4.69) is 42.2 Å². The minimum atomic E-state index is -0.152. The Bertz CT molecular complexity index is 1090. The number of rotatable bonds is 1. The zero-order valence-electron chi connectivity index (χ0n) is 13.0. The second-order valence-corrected chi connectivity index (χ2v) is 7.86. The van der Waals surface area contributed by atoms with Gasteiger partial charge in [-0.05, 0) is 52.7 Å². The number of amides is 1. The predicted molar refractivity (Wildman–Crippen MR) is 110 cm³/mol. The summed E-state index contributed by atoms with van der Waals surface area (Å²) in [5.41, 5.74) is 4.76. The molecule has 25 heavy (non-hydrogen) atoms. The largest absolute Gasteiger partial charge is 0.320 e. The number of aromatic nitrogens is 1. The standard InChI is InChI=1S/C19H11Br2ClN2O/c1-9-13(20)8-14(21)17-16(9)12(19(25)24-17)7-11-6-10-4-2-3-5-15(10)23-18(11)22/h2-8H,1H3,(H,24,25). The number of benzene rings is 2. The maximum absolute atomic E-state index is 12.5. The first-order valence-corrected chi connectivity index (χ1v) is 9.49. The molecule has 0 spiro atoms. The highest BCUT2D eigenvalue weighted by molar-refractivity contribution is 9.11. The van der Waals surface area contributed by atoms with E-state index in [1.807, 2.05) is 43.3 Å². The number of anilines is 1. The quantitative estimate of drug-likeness (QED) is 0.334.